The second kappa shape index (κ2) is 12.7. The fourth-order valence-corrected chi connectivity index (χ4v) is 4.83. The molecule has 0 aliphatic heterocycles. The summed E-state index contributed by atoms with van der Waals surface area (Å²) in [6, 6.07) is 26.9. The highest BCUT2D eigenvalue weighted by Crippen LogP contribution is 2.42. The number of rotatable bonds is 11. The van der Waals surface area contributed by atoms with Gasteiger partial charge in [-0.15, -0.1) is 0 Å². The Balaban J connectivity index is 2.07. The molecule has 1 amide bonds. The Morgan fingerprint density at radius 1 is 0.737 bits per heavy atom. The van der Waals surface area contributed by atoms with Gasteiger partial charge in [-0.05, 0) is 16.7 Å². The number of carbonyl (C=O) groups excluding carboxylic acids is 3. The van der Waals surface area contributed by atoms with Gasteiger partial charge in [-0.25, -0.2) is 4.79 Å². The van der Waals surface area contributed by atoms with Crippen molar-refractivity contribution >= 4 is 23.8 Å². The van der Waals surface area contributed by atoms with Crippen molar-refractivity contribution in [2.75, 3.05) is 14.2 Å². The van der Waals surface area contributed by atoms with Crippen molar-refractivity contribution in [3.63, 3.8) is 0 Å². The molecular weight excluding hydrogens is 486 g/mol. The number of aliphatic carboxylic acids is 1. The van der Waals surface area contributed by atoms with Crippen LogP contribution in [0, 0.1) is 11.8 Å². The normalized spacial score (nSPS) is 12.7. The summed E-state index contributed by atoms with van der Waals surface area (Å²) in [6.07, 6.45) is -0.136. The van der Waals surface area contributed by atoms with Crippen molar-refractivity contribution in [3.05, 3.63) is 108 Å². The van der Waals surface area contributed by atoms with Gasteiger partial charge < -0.3 is 19.9 Å². The molecule has 0 spiro atoms. The minimum absolute atomic E-state index is 0.136. The first-order valence-corrected chi connectivity index (χ1v) is 12.1. The van der Waals surface area contributed by atoms with Crippen molar-refractivity contribution in [2.45, 2.75) is 24.8 Å². The summed E-state index contributed by atoms with van der Waals surface area (Å²) < 4.78 is 9.40. The van der Waals surface area contributed by atoms with Gasteiger partial charge in [-0.3, -0.25) is 14.4 Å². The lowest BCUT2D eigenvalue weighted by molar-refractivity contribution is -0.163. The summed E-state index contributed by atoms with van der Waals surface area (Å²) in [4.78, 5) is 50.6. The van der Waals surface area contributed by atoms with Crippen LogP contribution in [0.5, 0.6) is 0 Å². The summed E-state index contributed by atoms with van der Waals surface area (Å²) in [5.41, 5.74) is 1.57. The molecule has 0 bridgehead atoms. The lowest BCUT2D eigenvalue weighted by Gasteiger charge is -2.36. The molecule has 0 saturated carbocycles. The second-order valence-electron chi connectivity index (χ2n) is 8.95. The maximum Gasteiger partial charge on any atom is 0.326 e. The van der Waals surface area contributed by atoms with Gasteiger partial charge in [-0.2, -0.15) is 0 Å². The standard InChI is InChI=1S/C30H31NO7/c1-20(25(28(35)37-2)29(36)38-3)26(27(33)34)31-24(32)19-30(21-13-7-4-8-14-21,22-15-9-5-10-16-22)23-17-11-6-12-18-23/h4-18,20,25-26H,19H2,1-3H3,(H,31,32)(H,33,34)/t20-,26+/m1/s1. The molecule has 0 aliphatic rings. The highest BCUT2D eigenvalue weighted by atomic mass is 16.5. The van der Waals surface area contributed by atoms with Crippen molar-refractivity contribution in [3.8, 4) is 0 Å². The Labute approximate surface area is 221 Å². The molecule has 3 aromatic rings. The first-order chi connectivity index (χ1) is 18.3. The smallest absolute Gasteiger partial charge is 0.326 e. The quantitative estimate of drug-likeness (QED) is 0.227. The largest absolute Gasteiger partial charge is 0.480 e. The SMILES string of the molecule is COC(=O)C(C(=O)OC)[C@@H](C)[C@H](NC(=O)CC(c1ccccc1)(c1ccccc1)c1ccccc1)C(=O)O. The van der Waals surface area contributed by atoms with E-state index in [4.69, 9.17) is 9.47 Å². The molecule has 3 aromatic carbocycles. The van der Waals surface area contributed by atoms with E-state index in [9.17, 15) is 24.3 Å². The van der Waals surface area contributed by atoms with Crippen LogP contribution in [0.25, 0.3) is 0 Å². The first-order valence-electron chi connectivity index (χ1n) is 12.1. The van der Waals surface area contributed by atoms with Gasteiger partial charge in [0.2, 0.25) is 5.91 Å². The molecule has 2 atom stereocenters. The van der Waals surface area contributed by atoms with Gasteiger partial charge in [-0.1, -0.05) is 97.9 Å². The molecule has 0 heterocycles. The summed E-state index contributed by atoms with van der Waals surface area (Å²) in [5.74, 6) is -6.55. The zero-order valence-corrected chi connectivity index (χ0v) is 21.5. The van der Waals surface area contributed by atoms with Gasteiger partial charge in [0.15, 0.2) is 5.92 Å². The third-order valence-electron chi connectivity index (χ3n) is 6.77. The van der Waals surface area contributed by atoms with Crippen LogP contribution in [-0.4, -0.2) is 49.2 Å². The Morgan fingerprint density at radius 3 is 1.42 bits per heavy atom. The number of methoxy groups -OCH3 is 2. The molecular formula is C30H31NO7. The molecule has 0 aliphatic carbocycles. The lowest BCUT2D eigenvalue weighted by atomic mass is 9.67. The number of benzene rings is 3. The first kappa shape index (κ1) is 28.1. The topological polar surface area (TPSA) is 119 Å². The Hall–Kier alpha value is -4.46. The highest BCUT2D eigenvalue weighted by Gasteiger charge is 2.44. The third-order valence-corrected chi connectivity index (χ3v) is 6.77. The Kier molecular flexibility index (Phi) is 9.38. The lowest BCUT2D eigenvalue weighted by Crippen LogP contribution is -2.51. The van der Waals surface area contributed by atoms with Crippen LogP contribution in [0.3, 0.4) is 0 Å². The predicted octanol–water partition coefficient (Wildman–Crippen LogP) is 3.58. The van der Waals surface area contributed by atoms with E-state index < -0.39 is 47.1 Å². The molecule has 0 fully saturated rings. The van der Waals surface area contributed by atoms with Crippen molar-refractivity contribution in [1.82, 2.24) is 5.32 Å². The Morgan fingerprint density at radius 2 is 1.11 bits per heavy atom. The van der Waals surface area contributed by atoms with Crippen LogP contribution < -0.4 is 5.32 Å². The van der Waals surface area contributed by atoms with Crippen LogP contribution in [0.15, 0.2) is 91.0 Å². The minimum Gasteiger partial charge on any atom is -0.480 e. The molecule has 0 radical (unpaired) electrons. The van der Waals surface area contributed by atoms with Crippen LogP contribution >= 0.6 is 0 Å². The maximum atomic E-state index is 13.7. The van der Waals surface area contributed by atoms with E-state index in [0.717, 1.165) is 30.9 Å². The highest BCUT2D eigenvalue weighted by molar-refractivity contribution is 5.96. The molecule has 8 heteroatoms. The number of carboxylic acids is 1. The van der Waals surface area contributed by atoms with E-state index >= 15 is 0 Å². The number of carboxylic acid groups (broad SMARTS) is 1. The average molecular weight is 518 g/mol. The molecule has 0 saturated heterocycles. The van der Waals surface area contributed by atoms with E-state index in [1.807, 2.05) is 91.0 Å². The number of carbonyl (C=O) groups is 4. The summed E-state index contributed by atoms with van der Waals surface area (Å²) in [6.45, 7) is 1.39. The van der Waals surface area contributed by atoms with Gasteiger partial charge >= 0.3 is 17.9 Å². The van der Waals surface area contributed by atoms with Crippen LogP contribution in [0.2, 0.25) is 0 Å². The number of amides is 1. The number of hydrogen-bond acceptors (Lipinski definition) is 6. The molecule has 198 valence electrons. The molecule has 2 N–H and O–H groups in total. The number of esters is 2. The fourth-order valence-electron chi connectivity index (χ4n) is 4.83. The van der Waals surface area contributed by atoms with Crippen molar-refractivity contribution < 1.29 is 33.8 Å². The number of hydrogen-bond donors (Lipinski definition) is 2. The van der Waals surface area contributed by atoms with Crippen LogP contribution in [0.1, 0.15) is 30.0 Å². The maximum absolute atomic E-state index is 13.7. The van der Waals surface area contributed by atoms with E-state index in [0.29, 0.717) is 0 Å². The molecule has 0 aromatic heterocycles. The molecule has 3 rings (SSSR count). The summed E-state index contributed by atoms with van der Waals surface area (Å²) in [7, 11) is 2.18. The van der Waals surface area contributed by atoms with Crippen molar-refractivity contribution in [1.29, 1.82) is 0 Å². The molecule has 38 heavy (non-hydrogen) atoms. The van der Waals surface area contributed by atoms with Gasteiger partial charge in [0, 0.05) is 12.3 Å². The summed E-state index contributed by atoms with van der Waals surface area (Å²) >= 11 is 0. The minimum atomic E-state index is -1.56. The van der Waals surface area contributed by atoms with E-state index in [-0.39, 0.29) is 6.42 Å². The predicted molar refractivity (Wildman–Crippen MR) is 140 cm³/mol. The zero-order chi connectivity index (χ0) is 27.7. The van der Waals surface area contributed by atoms with Crippen molar-refractivity contribution in [2.24, 2.45) is 11.8 Å². The van der Waals surface area contributed by atoms with E-state index in [2.05, 4.69) is 5.32 Å². The van der Waals surface area contributed by atoms with Gasteiger partial charge in [0.25, 0.3) is 0 Å². The summed E-state index contributed by atoms with van der Waals surface area (Å²) in [5, 5.41) is 12.5. The van der Waals surface area contributed by atoms with Crippen LogP contribution in [-0.2, 0) is 34.1 Å². The number of ether oxygens (including phenoxy) is 2. The van der Waals surface area contributed by atoms with E-state index in [1.165, 1.54) is 6.92 Å². The zero-order valence-electron chi connectivity index (χ0n) is 21.5. The van der Waals surface area contributed by atoms with Gasteiger partial charge in [0.05, 0.1) is 19.6 Å². The fraction of sp³-hybridized carbons (Fsp3) is 0.267. The second-order valence-corrected chi connectivity index (χ2v) is 8.95. The van der Waals surface area contributed by atoms with E-state index in [1.54, 1.807) is 0 Å². The number of nitrogens with one attached hydrogen (secondary N) is 1. The average Bonchev–Trinajstić information content (AvgIpc) is 2.95. The third kappa shape index (κ3) is 5.91. The van der Waals surface area contributed by atoms with Crippen LogP contribution in [0.4, 0.5) is 0 Å². The molecule has 8 nitrogen and oxygen atoms in total. The monoisotopic (exact) mass is 517 g/mol. The molecule has 0 unspecified atom stereocenters. The van der Waals surface area contributed by atoms with Gasteiger partial charge in [0.1, 0.15) is 6.04 Å². The Bertz CT molecular complexity index is 1130.